The molecule has 1 unspecified atom stereocenters. The third-order valence-corrected chi connectivity index (χ3v) is 5.35. The van der Waals surface area contributed by atoms with Crippen molar-refractivity contribution in [2.24, 2.45) is 0 Å². The first kappa shape index (κ1) is 14.6. The zero-order valence-electron chi connectivity index (χ0n) is 14.2. The molecule has 0 bridgehead atoms. The van der Waals surface area contributed by atoms with E-state index in [2.05, 4.69) is 83.9 Å². The van der Waals surface area contributed by atoms with E-state index in [1.807, 2.05) is 0 Å². The molecule has 2 nitrogen and oxygen atoms in total. The van der Waals surface area contributed by atoms with E-state index in [-0.39, 0.29) is 5.60 Å². The molecule has 25 heavy (non-hydrogen) atoms. The van der Waals surface area contributed by atoms with Gasteiger partial charge in [-0.05, 0) is 29.2 Å². The Morgan fingerprint density at radius 2 is 1.84 bits per heavy atom. The lowest BCUT2D eigenvalue weighted by molar-refractivity contribution is 0.0874. The van der Waals surface area contributed by atoms with Crippen LogP contribution in [0.5, 0.6) is 5.75 Å². The van der Waals surface area contributed by atoms with E-state index in [1.165, 1.54) is 22.3 Å². The van der Waals surface area contributed by atoms with Gasteiger partial charge in [0.1, 0.15) is 5.75 Å². The average molecular weight is 327 g/mol. The molecule has 2 aromatic rings. The van der Waals surface area contributed by atoms with E-state index in [0.29, 0.717) is 0 Å². The number of para-hydroxylation sites is 1. The second-order valence-corrected chi connectivity index (χ2v) is 7.14. The third-order valence-electron chi connectivity index (χ3n) is 5.35. The summed E-state index contributed by atoms with van der Waals surface area (Å²) in [4.78, 5) is 2.42. The molecular weight excluding hydrogens is 306 g/mol. The van der Waals surface area contributed by atoms with Crippen LogP contribution in [0.1, 0.15) is 17.5 Å². The topological polar surface area (TPSA) is 12.5 Å². The first-order chi connectivity index (χ1) is 12.3. The highest BCUT2D eigenvalue weighted by Crippen LogP contribution is 2.45. The van der Waals surface area contributed by atoms with Gasteiger partial charge in [0.15, 0.2) is 5.60 Å². The number of allylic oxidation sites excluding steroid dienone is 3. The summed E-state index contributed by atoms with van der Waals surface area (Å²) in [5.74, 6) is 1.04. The molecule has 0 N–H and O–H groups in total. The molecule has 5 rings (SSSR count). The second-order valence-electron chi connectivity index (χ2n) is 7.14. The first-order valence-electron chi connectivity index (χ1n) is 8.96. The summed E-state index contributed by atoms with van der Waals surface area (Å²) in [5.41, 5.74) is 5.14. The van der Waals surface area contributed by atoms with Crippen molar-refractivity contribution in [2.45, 2.75) is 25.0 Å². The van der Waals surface area contributed by atoms with Crippen LogP contribution in [0.2, 0.25) is 0 Å². The maximum atomic E-state index is 6.59. The molecule has 2 aliphatic heterocycles. The highest BCUT2D eigenvalue weighted by Gasteiger charge is 2.47. The monoisotopic (exact) mass is 327 g/mol. The molecule has 2 aromatic carbocycles. The second kappa shape index (κ2) is 5.66. The summed E-state index contributed by atoms with van der Waals surface area (Å²) < 4.78 is 6.59. The van der Waals surface area contributed by atoms with Crippen molar-refractivity contribution in [2.75, 3.05) is 6.54 Å². The molecule has 1 spiro atoms. The smallest absolute Gasteiger partial charge is 0.156 e. The minimum absolute atomic E-state index is 0.257. The number of fused-ring (bicyclic) bond motifs is 3. The van der Waals surface area contributed by atoms with Crippen molar-refractivity contribution in [3.63, 3.8) is 0 Å². The molecule has 0 aromatic heterocycles. The maximum absolute atomic E-state index is 6.59. The number of rotatable bonds is 2. The molecule has 0 amide bonds. The summed E-state index contributed by atoms with van der Waals surface area (Å²) in [6, 6.07) is 19.2. The summed E-state index contributed by atoms with van der Waals surface area (Å²) in [6.07, 6.45) is 10.9. The van der Waals surface area contributed by atoms with Gasteiger partial charge in [0.05, 0.1) is 6.54 Å². The summed E-state index contributed by atoms with van der Waals surface area (Å²) >= 11 is 0. The van der Waals surface area contributed by atoms with Crippen LogP contribution in [0.25, 0.3) is 0 Å². The Morgan fingerprint density at radius 1 is 1.00 bits per heavy atom. The standard InChI is InChI=1S/C23H21NO/c1-2-8-18(9-3-1)15-24-16-20-11-4-6-12-21(20)23(17-24)14-19-10-5-7-13-22(19)25-23/h1-10,12-13,16H,11,14-15,17H2. The van der Waals surface area contributed by atoms with Gasteiger partial charge in [-0.1, -0.05) is 66.8 Å². The summed E-state index contributed by atoms with van der Waals surface area (Å²) in [6.45, 7) is 1.81. The van der Waals surface area contributed by atoms with Gasteiger partial charge in [-0.25, -0.2) is 0 Å². The van der Waals surface area contributed by atoms with E-state index in [1.54, 1.807) is 0 Å². The molecule has 1 atom stereocenters. The molecule has 3 aliphatic rings. The Labute approximate surface area is 148 Å². The minimum atomic E-state index is -0.257. The van der Waals surface area contributed by atoms with E-state index < -0.39 is 0 Å². The Balaban J connectivity index is 1.52. The molecule has 0 saturated heterocycles. The highest BCUT2D eigenvalue weighted by atomic mass is 16.5. The quantitative estimate of drug-likeness (QED) is 0.796. The van der Waals surface area contributed by atoms with Crippen LogP contribution in [-0.2, 0) is 13.0 Å². The van der Waals surface area contributed by atoms with Gasteiger partial charge >= 0.3 is 0 Å². The van der Waals surface area contributed by atoms with E-state index in [4.69, 9.17) is 4.74 Å². The van der Waals surface area contributed by atoms with Gasteiger partial charge in [0, 0.05) is 24.7 Å². The van der Waals surface area contributed by atoms with Crippen molar-refractivity contribution in [1.29, 1.82) is 0 Å². The van der Waals surface area contributed by atoms with Gasteiger partial charge < -0.3 is 9.64 Å². The SMILES string of the molecule is C1=CCC2=CN(Cc3ccccc3)CC3(Cc4ccccc4O3)C2=C1. The lowest BCUT2D eigenvalue weighted by Gasteiger charge is -2.42. The van der Waals surface area contributed by atoms with Crippen LogP contribution in [-0.4, -0.2) is 17.0 Å². The van der Waals surface area contributed by atoms with Crippen LogP contribution in [0.15, 0.2) is 90.2 Å². The van der Waals surface area contributed by atoms with E-state index in [9.17, 15) is 0 Å². The Kier molecular flexibility index (Phi) is 3.30. The predicted molar refractivity (Wildman–Crippen MR) is 100 cm³/mol. The zero-order chi connectivity index (χ0) is 16.7. The molecule has 124 valence electrons. The highest BCUT2D eigenvalue weighted by molar-refractivity contribution is 5.53. The molecule has 0 radical (unpaired) electrons. The Hall–Kier alpha value is -2.74. The van der Waals surface area contributed by atoms with E-state index in [0.717, 1.165) is 31.7 Å². The van der Waals surface area contributed by atoms with Crippen molar-refractivity contribution in [3.05, 3.63) is 101 Å². The molecule has 0 fully saturated rings. The molecule has 0 saturated carbocycles. The van der Waals surface area contributed by atoms with Crippen LogP contribution in [0.3, 0.4) is 0 Å². The van der Waals surface area contributed by atoms with Gasteiger partial charge in [-0.15, -0.1) is 0 Å². The fourth-order valence-electron chi connectivity index (χ4n) is 4.28. The van der Waals surface area contributed by atoms with E-state index >= 15 is 0 Å². The average Bonchev–Trinajstić information content (AvgIpc) is 3.01. The normalized spacial score (nSPS) is 23.6. The number of benzene rings is 2. The maximum Gasteiger partial charge on any atom is 0.156 e. The Morgan fingerprint density at radius 3 is 2.72 bits per heavy atom. The molecule has 1 aliphatic carbocycles. The lowest BCUT2D eigenvalue weighted by atomic mass is 9.79. The van der Waals surface area contributed by atoms with Crippen LogP contribution in [0, 0.1) is 0 Å². The fraction of sp³-hybridized carbons (Fsp3) is 0.217. The minimum Gasteiger partial charge on any atom is -0.480 e. The number of hydrogen-bond acceptors (Lipinski definition) is 2. The zero-order valence-corrected chi connectivity index (χ0v) is 14.2. The number of hydrogen-bond donors (Lipinski definition) is 0. The van der Waals surface area contributed by atoms with Crippen molar-refractivity contribution < 1.29 is 4.74 Å². The van der Waals surface area contributed by atoms with Crippen molar-refractivity contribution in [3.8, 4) is 5.75 Å². The first-order valence-corrected chi connectivity index (χ1v) is 8.96. The van der Waals surface area contributed by atoms with Crippen LogP contribution < -0.4 is 4.74 Å². The fourth-order valence-corrected chi connectivity index (χ4v) is 4.28. The van der Waals surface area contributed by atoms with Crippen LogP contribution in [0.4, 0.5) is 0 Å². The van der Waals surface area contributed by atoms with Gasteiger partial charge in [-0.2, -0.15) is 0 Å². The summed E-state index contributed by atoms with van der Waals surface area (Å²) in [7, 11) is 0. The van der Waals surface area contributed by atoms with Crippen molar-refractivity contribution >= 4 is 0 Å². The van der Waals surface area contributed by atoms with Gasteiger partial charge in [0.2, 0.25) is 0 Å². The molecular formula is C23H21NO. The number of ether oxygens (including phenoxy) is 1. The van der Waals surface area contributed by atoms with Crippen LogP contribution >= 0.6 is 0 Å². The third kappa shape index (κ3) is 2.49. The van der Waals surface area contributed by atoms with Gasteiger partial charge in [0.25, 0.3) is 0 Å². The predicted octanol–water partition coefficient (Wildman–Crippen LogP) is 4.65. The lowest BCUT2D eigenvalue weighted by Crippen LogP contribution is -2.50. The summed E-state index contributed by atoms with van der Waals surface area (Å²) in [5, 5.41) is 0. The Bertz CT molecular complexity index is 866. The largest absolute Gasteiger partial charge is 0.480 e. The number of nitrogens with zero attached hydrogens (tertiary/aromatic N) is 1. The van der Waals surface area contributed by atoms with Crippen molar-refractivity contribution in [1.82, 2.24) is 4.90 Å². The molecule has 2 heterocycles. The van der Waals surface area contributed by atoms with Gasteiger partial charge in [-0.3, -0.25) is 0 Å². The molecule has 2 heteroatoms.